The normalized spacial score (nSPS) is 10.7. The van der Waals surface area contributed by atoms with Crippen molar-refractivity contribution in [2.75, 3.05) is 6.54 Å². The maximum absolute atomic E-state index is 11.8. The Balaban J connectivity index is 0.00000114. The van der Waals surface area contributed by atoms with Gasteiger partial charge in [0.25, 0.3) is 0 Å². The van der Waals surface area contributed by atoms with E-state index in [9.17, 15) is 4.79 Å². The monoisotopic (exact) mass is 442 g/mol. The van der Waals surface area contributed by atoms with Crippen LogP contribution in [0.25, 0.3) is 23.2 Å². The predicted octanol–water partition coefficient (Wildman–Crippen LogP) is 3.75. The summed E-state index contributed by atoms with van der Waals surface area (Å²) in [5.74, 6) is 1.50. The molecule has 1 amide bonds. The first-order valence-corrected chi connectivity index (χ1v) is 10.0. The van der Waals surface area contributed by atoms with Gasteiger partial charge >= 0.3 is 12.2 Å². The first-order chi connectivity index (χ1) is 15.2. The summed E-state index contributed by atoms with van der Waals surface area (Å²) < 4.78 is 16.7. The van der Waals surface area contributed by atoms with Crippen molar-refractivity contribution in [2.45, 2.75) is 53.1 Å². The number of hydrogen-bond acceptors (Lipinski definition) is 9. The summed E-state index contributed by atoms with van der Waals surface area (Å²) in [6, 6.07) is 5.65. The lowest BCUT2D eigenvalue weighted by molar-refractivity contribution is -0.191. The number of carbonyl (C=O) groups excluding carboxylic acids is 3. The van der Waals surface area contributed by atoms with Gasteiger partial charge < -0.3 is 18.9 Å². The number of carbonyl (C=O) groups is 1. The molecule has 10 nitrogen and oxygen atoms in total. The molecule has 3 rings (SSSR count). The smallest absolute Gasteiger partial charge is 0.407 e. The van der Waals surface area contributed by atoms with Gasteiger partial charge in [0.2, 0.25) is 11.8 Å². The van der Waals surface area contributed by atoms with Gasteiger partial charge in [0, 0.05) is 18.7 Å². The highest BCUT2D eigenvalue weighted by atomic mass is 16.6. The van der Waals surface area contributed by atoms with Gasteiger partial charge in [-0.05, 0) is 46.2 Å². The topological polar surface area (TPSA) is 137 Å². The molecule has 3 aromatic rings. The van der Waals surface area contributed by atoms with E-state index in [4.69, 9.17) is 23.2 Å². The van der Waals surface area contributed by atoms with Crippen molar-refractivity contribution < 1.29 is 28.0 Å². The predicted molar refractivity (Wildman–Crippen MR) is 112 cm³/mol. The Hall–Kier alpha value is -3.78. The van der Waals surface area contributed by atoms with Crippen LogP contribution in [0, 0.1) is 6.92 Å². The van der Waals surface area contributed by atoms with Crippen LogP contribution in [0.4, 0.5) is 4.79 Å². The van der Waals surface area contributed by atoms with Crippen LogP contribution in [0.15, 0.2) is 33.3 Å². The van der Waals surface area contributed by atoms with E-state index in [1.807, 2.05) is 52.8 Å². The number of aromatic nitrogens is 3. The SMILES string of the molecule is CCc1nc(-c2coc(-c3cccc(C)n3)n2)oc1CCNC(=O)OC(C)(C)C.O=C=O. The number of rotatable bonds is 6. The Bertz CT molecular complexity index is 1070. The van der Waals surface area contributed by atoms with Crippen LogP contribution >= 0.6 is 0 Å². The summed E-state index contributed by atoms with van der Waals surface area (Å²) in [7, 11) is 0. The third-order valence-corrected chi connectivity index (χ3v) is 3.96. The van der Waals surface area contributed by atoms with Crippen LogP contribution in [-0.4, -0.2) is 39.3 Å². The van der Waals surface area contributed by atoms with Gasteiger partial charge in [-0.1, -0.05) is 13.0 Å². The molecule has 0 saturated heterocycles. The fraction of sp³-hybridized carbons (Fsp3) is 0.409. The molecular formula is C22H26N4O6. The summed E-state index contributed by atoms with van der Waals surface area (Å²) in [5.41, 5.74) is 2.33. The molecule has 0 bridgehead atoms. The molecule has 32 heavy (non-hydrogen) atoms. The number of aryl methyl sites for hydroxylation is 2. The van der Waals surface area contributed by atoms with E-state index >= 15 is 0 Å². The number of nitrogens with one attached hydrogen (secondary N) is 1. The van der Waals surface area contributed by atoms with Crippen LogP contribution in [0.3, 0.4) is 0 Å². The lowest BCUT2D eigenvalue weighted by Crippen LogP contribution is -2.33. The highest BCUT2D eigenvalue weighted by molar-refractivity contribution is 5.67. The summed E-state index contributed by atoms with van der Waals surface area (Å²) in [6.07, 6.45) is 2.50. The molecule has 3 heterocycles. The zero-order valence-electron chi connectivity index (χ0n) is 18.7. The van der Waals surface area contributed by atoms with E-state index in [0.717, 1.165) is 11.4 Å². The second kappa shape index (κ2) is 11.0. The molecule has 10 heteroatoms. The van der Waals surface area contributed by atoms with Crippen molar-refractivity contribution >= 4 is 12.2 Å². The zero-order valence-corrected chi connectivity index (χ0v) is 18.7. The van der Waals surface area contributed by atoms with E-state index in [1.165, 1.54) is 6.26 Å². The molecule has 0 aliphatic heterocycles. The Kier molecular flexibility index (Phi) is 8.43. The minimum atomic E-state index is -0.533. The van der Waals surface area contributed by atoms with Gasteiger partial charge in [-0.25, -0.2) is 19.7 Å². The molecule has 1 N–H and O–H groups in total. The van der Waals surface area contributed by atoms with E-state index < -0.39 is 11.7 Å². The van der Waals surface area contributed by atoms with Crippen molar-refractivity contribution in [3.8, 4) is 23.2 Å². The standard InChI is InChI=1S/C21H26N4O4.CO2/c1-6-14-17(10-11-22-20(26)29-21(3,4)5)28-19(24-14)16-12-27-18(25-16)15-9-7-8-13(2)23-15;2-1-3/h7-9,12H,6,10-11H2,1-5H3,(H,22,26);. The Labute approximate surface area is 185 Å². The molecule has 0 spiro atoms. The zero-order chi connectivity index (χ0) is 23.7. The van der Waals surface area contributed by atoms with Gasteiger partial charge in [0.1, 0.15) is 23.3 Å². The van der Waals surface area contributed by atoms with Gasteiger partial charge in [-0.15, -0.1) is 0 Å². The average molecular weight is 442 g/mol. The first kappa shape index (κ1) is 24.5. The van der Waals surface area contributed by atoms with Gasteiger partial charge in [0.05, 0.1) is 5.69 Å². The average Bonchev–Trinajstić information content (AvgIpc) is 3.34. The molecule has 0 aliphatic rings. The van der Waals surface area contributed by atoms with E-state index in [-0.39, 0.29) is 6.15 Å². The second-order valence-corrected chi connectivity index (χ2v) is 7.71. The minimum Gasteiger partial charge on any atom is -0.444 e. The van der Waals surface area contributed by atoms with Crippen molar-refractivity contribution in [3.63, 3.8) is 0 Å². The molecule has 0 fully saturated rings. The number of alkyl carbamates (subject to hydrolysis) is 1. The van der Waals surface area contributed by atoms with Crippen molar-refractivity contribution in [1.29, 1.82) is 0 Å². The third-order valence-electron chi connectivity index (χ3n) is 3.96. The fourth-order valence-electron chi connectivity index (χ4n) is 2.71. The number of pyridine rings is 1. The molecule has 0 unspecified atom stereocenters. The van der Waals surface area contributed by atoms with Crippen LogP contribution in [0.5, 0.6) is 0 Å². The highest BCUT2D eigenvalue weighted by Gasteiger charge is 2.19. The summed E-state index contributed by atoms with van der Waals surface area (Å²) in [4.78, 5) is 41.4. The Morgan fingerprint density at radius 3 is 2.47 bits per heavy atom. The second-order valence-electron chi connectivity index (χ2n) is 7.71. The molecule has 0 radical (unpaired) electrons. The van der Waals surface area contributed by atoms with Crippen LogP contribution in [0.2, 0.25) is 0 Å². The Morgan fingerprint density at radius 1 is 1.12 bits per heavy atom. The maximum atomic E-state index is 11.8. The van der Waals surface area contributed by atoms with Gasteiger partial charge in [0.15, 0.2) is 5.69 Å². The number of amides is 1. The molecule has 3 aromatic heterocycles. The lowest BCUT2D eigenvalue weighted by atomic mass is 10.2. The van der Waals surface area contributed by atoms with E-state index in [1.54, 1.807) is 0 Å². The molecule has 0 aromatic carbocycles. The van der Waals surface area contributed by atoms with E-state index in [0.29, 0.717) is 48.3 Å². The number of ether oxygens (including phenoxy) is 1. The van der Waals surface area contributed by atoms with Gasteiger partial charge in [-0.2, -0.15) is 9.59 Å². The quantitative estimate of drug-likeness (QED) is 0.605. The van der Waals surface area contributed by atoms with Crippen molar-refractivity contribution in [3.05, 3.63) is 41.6 Å². The summed E-state index contributed by atoms with van der Waals surface area (Å²) in [5, 5.41) is 2.73. The first-order valence-electron chi connectivity index (χ1n) is 10.0. The van der Waals surface area contributed by atoms with Crippen LogP contribution in [-0.2, 0) is 27.2 Å². The molecule has 170 valence electrons. The number of hydrogen-bond donors (Lipinski definition) is 1. The van der Waals surface area contributed by atoms with Crippen LogP contribution < -0.4 is 5.32 Å². The molecular weight excluding hydrogens is 416 g/mol. The molecule has 0 saturated carbocycles. The van der Waals surface area contributed by atoms with Crippen molar-refractivity contribution in [1.82, 2.24) is 20.3 Å². The number of nitrogens with zero attached hydrogens (tertiary/aromatic N) is 3. The van der Waals surface area contributed by atoms with E-state index in [2.05, 4.69) is 20.3 Å². The summed E-state index contributed by atoms with van der Waals surface area (Å²) >= 11 is 0. The fourth-order valence-corrected chi connectivity index (χ4v) is 2.71. The van der Waals surface area contributed by atoms with Crippen LogP contribution in [0.1, 0.15) is 44.8 Å². The number of oxazole rings is 2. The Morgan fingerprint density at radius 2 is 1.84 bits per heavy atom. The largest absolute Gasteiger partial charge is 0.444 e. The van der Waals surface area contributed by atoms with Gasteiger partial charge in [-0.3, -0.25) is 0 Å². The maximum Gasteiger partial charge on any atom is 0.407 e. The highest BCUT2D eigenvalue weighted by Crippen LogP contribution is 2.25. The van der Waals surface area contributed by atoms with Crippen molar-refractivity contribution in [2.24, 2.45) is 0 Å². The third kappa shape index (κ3) is 7.17. The summed E-state index contributed by atoms with van der Waals surface area (Å²) in [6.45, 7) is 9.76. The lowest BCUT2D eigenvalue weighted by Gasteiger charge is -2.19. The molecule has 0 atom stereocenters. The molecule has 0 aliphatic carbocycles. The minimum absolute atomic E-state index is 0.250.